The van der Waals surface area contributed by atoms with Gasteiger partial charge in [0, 0.05) is 28.9 Å². The third-order valence-electron chi connectivity index (χ3n) is 2.41. The Hall–Kier alpha value is -1.65. The van der Waals surface area contributed by atoms with E-state index in [1.807, 2.05) is 19.9 Å². The number of nitrogens with two attached hydrogens (primary N) is 1. The number of rotatable bonds is 3. The number of aromatic nitrogens is 2. The monoisotopic (exact) mass is 263 g/mol. The molecular formula is C13H14ClN3O. The van der Waals surface area contributed by atoms with E-state index < -0.39 is 0 Å². The molecule has 2 N–H and O–H groups in total. The fourth-order valence-corrected chi connectivity index (χ4v) is 1.80. The van der Waals surface area contributed by atoms with Gasteiger partial charge in [-0.15, -0.1) is 0 Å². The summed E-state index contributed by atoms with van der Waals surface area (Å²) < 4.78 is 5.73. The molecule has 0 saturated heterocycles. The molecule has 2 rings (SSSR count). The lowest BCUT2D eigenvalue weighted by Gasteiger charge is -2.10. The SMILES string of the molecule is Cc1cc(Oc2cc(Cl)ccc2CN)nc(C)n1. The Morgan fingerprint density at radius 3 is 2.67 bits per heavy atom. The highest BCUT2D eigenvalue weighted by Crippen LogP contribution is 2.27. The van der Waals surface area contributed by atoms with Crippen molar-refractivity contribution in [2.45, 2.75) is 20.4 Å². The first kappa shape index (κ1) is 12.8. The minimum Gasteiger partial charge on any atom is -0.439 e. The van der Waals surface area contributed by atoms with E-state index in [0.29, 0.717) is 29.0 Å². The summed E-state index contributed by atoms with van der Waals surface area (Å²) in [6.45, 7) is 4.10. The maximum Gasteiger partial charge on any atom is 0.222 e. The standard InChI is InChI=1S/C13H14ClN3O/c1-8-5-13(17-9(2)16-8)18-12-6-11(14)4-3-10(12)7-15/h3-6H,7,15H2,1-2H3. The van der Waals surface area contributed by atoms with Crippen molar-refractivity contribution >= 4 is 11.6 Å². The summed E-state index contributed by atoms with van der Waals surface area (Å²) in [6, 6.07) is 7.14. The van der Waals surface area contributed by atoms with Crippen LogP contribution in [0, 0.1) is 13.8 Å². The zero-order chi connectivity index (χ0) is 13.1. The number of ether oxygens (including phenoxy) is 1. The normalized spacial score (nSPS) is 10.4. The molecule has 0 aliphatic rings. The van der Waals surface area contributed by atoms with Gasteiger partial charge in [0.15, 0.2) is 0 Å². The van der Waals surface area contributed by atoms with E-state index in [1.54, 1.807) is 18.2 Å². The van der Waals surface area contributed by atoms with E-state index in [9.17, 15) is 0 Å². The van der Waals surface area contributed by atoms with Gasteiger partial charge in [0.25, 0.3) is 0 Å². The van der Waals surface area contributed by atoms with Gasteiger partial charge in [-0.3, -0.25) is 0 Å². The molecule has 2 aromatic rings. The third-order valence-corrected chi connectivity index (χ3v) is 2.64. The summed E-state index contributed by atoms with van der Waals surface area (Å²) in [5.41, 5.74) is 7.40. The first-order chi connectivity index (χ1) is 8.58. The number of halogens is 1. The Kier molecular flexibility index (Phi) is 3.79. The lowest BCUT2D eigenvalue weighted by Crippen LogP contribution is -2.01. The summed E-state index contributed by atoms with van der Waals surface area (Å²) in [7, 11) is 0. The van der Waals surface area contributed by atoms with Crippen molar-refractivity contribution in [1.82, 2.24) is 9.97 Å². The van der Waals surface area contributed by atoms with Crippen molar-refractivity contribution in [1.29, 1.82) is 0 Å². The first-order valence-corrected chi connectivity index (χ1v) is 5.95. The molecule has 0 saturated carbocycles. The maximum absolute atomic E-state index is 5.95. The number of benzene rings is 1. The number of hydrogen-bond acceptors (Lipinski definition) is 4. The van der Waals surface area contributed by atoms with Gasteiger partial charge in [0.1, 0.15) is 11.6 Å². The first-order valence-electron chi connectivity index (χ1n) is 5.57. The van der Waals surface area contributed by atoms with E-state index in [2.05, 4.69) is 9.97 Å². The van der Waals surface area contributed by atoms with Crippen LogP contribution in [0.2, 0.25) is 5.02 Å². The average molecular weight is 264 g/mol. The van der Waals surface area contributed by atoms with Crippen molar-refractivity contribution < 1.29 is 4.74 Å². The molecule has 18 heavy (non-hydrogen) atoms. The minimum absolute atomic E-state index is 0.384. The van der Waals surface area contributed by atoms with Crippen LogP contribution in [0.25, 0.3) is 0 Å². The molecule has 0 aliphatic heterocycles. The fourth-order valence-electron chi connectivity index (χ4n) is 1.64. The topological polar surface area (TPSA) is 61.0 Å². The molecule has 0 radical (unpaired) electrons. The molecule has 94 valence electrons. The predicted molar refractivity (Wildman–Crippen MR) is 70.9 cm³/mol. The molecule has 0 unspecified atom stereocenters. The number of hydrogen-bond donors (Lipinski definition) is 1. The summed E-state index contributed by atoms with van der Waals surface area (Å²) in [4.78, 5) is 8.41. The van der Waals surface area contributed by atoms with Crippen LogP contribution in [-0.4, -0.2) is 9.97 Å². The number of nitrogens with zero attached hydrogens (tertiary/aromatic N) is 2. The molecule has 0 aliphatic carbocycles. The van der Waals surface area contributed by atoms with Crippen LogP contribution in [0.1, 0.15) is 17.1 Å². The zero-order valence-corrected chi connectivity index (χ0v) is 11.0. The average Bonchev–Trinajstić information content (AvgIpc) is 2.27. The van der Waals surface area contributed by atoms with Crippen LogP contribution in [0.15, 0.2) is 24.3 Å². The highest BCUT2D eigenvalue weighted by molar-refractivity contribution is 6.30. The van der Waals surface area contributed by atoms with Crippen molar-refractivity contribution in [3.05, 3.63) is 46.4 Å². The van der Waals surface area contributed by atoms with Crippen LogP contribution in [-0.2, 0) is 6.54 Å². The second kappa shape index (κ2) is 5.33. The van der Waals surface area contributed by atoms with Gasteiger partial charge >= 0.3 is 0 Å². The molecule has 0 atom stereocenters. The Morgan fingerprint density at radius 2 is 2.00 bits per heavy atom. The van der Waals surface area contributed by atoms with E-state index in [4.69, 9.17) is 22.1 Å². The highest BCUT2D eigenvalue weighted by Gasteiger charge is 2.07. The smallest absolute Gasteiger partial charge is 0.222 e. The summed E-state index contributed by atoms with van der Waals surface area (Å²) in [5, 5.41) is 0.602. The van der Waals surface area contributed by atoms with Crippen LogP contribution in [0.5, 0.6) is 11.6 Å². The lowest BCUT2D eigenvalue weighted by molar-refractivity contribution is 0.453. The van der Waals surface area contributed by atoms with Crippen LogP contribution in [0.4, 0.5) is 0 Å². The second-order valence-electron chi connectivity index (χ2n) is 3.95. The Labute approximate surface area is 111 Å². The van der Waals surface area contributed by atoms with Gasteiger partial charge in [-0.05, 0) is 26.0 Å². The molecule has 1 aromatic carbocycles. The van der Waals surface area contributed by atoms with Gasteiger partial charge in [0.05, 0.1) is 0 Å². The van der Waals surface area contributed by atoms with Crippen LogP contribution < -0.4 is 10.5 Å². The Morgan fingerprint density at radius 1 is 1.22 bits per heavy atom. The van der Waals surface area contributed by atoms with E-state index >= 15 is 0 Å². The van der Waals surface area contributed by atoms with E-state index in [1.165, 1.54) is 0 Å². The third kappa shape index (κ3) is 2.97. The molecular weight excluding hydrogens is 250 g/mol. The molecule has 5 heteroatoms. The van der Waals surface area contributed by atoms with Gasteiger partial charge in [-0.1, -0.05) is 17.7 Å². The van der Waals surface area contributed by atoms with Crippen molar-refractivity contribution in [3.63, 3.8) is 0 Å². The Bertz CT molecular complexity index is 552. The molecule has 0 bridgehead atoms. The largest absolute Gasteiger partial charge is 0.439 e. The van der Waals surface area contributed by atoms with Crippen molar-refractivity contribution in [3.8, 4) is 11.6 Å². The zero-order valence-electron chi connectivity index (χ0n) is 10.3. The molecule has 1 heterocycles. The van der Waals surface area contributed by atoms with Gasteiger partial charge in [-0.2, -0.15) is 4.98 Å². The number of aryl methyl sites for hydroxylation is 2. The van der Waals surface area contributed by atoms with Gasteiger partial charge in [-0.25, -0.2) is 4.98 Å². The summed E-state index contributed by atoms with van der Waals surface area (Å²) >= 11 is 5.95. The van der Waals surface area contributed by atoms with Crippen molar-refractivity contribution in [2.75, 3.05) is 0 Å². The second-order valence-corrected chi connectivity index (χ2v) is 4.39. The van der Waals surface area contributed by atoms with Crippen LogP contribution >= 0.6 is 11.6 Å². The molecule has 4 nitrogen and oxygen atoms in total. The van der Waals surface area contributed by atoms with E-state index in [-0.39, 0.29) is 0 Å². The molecule has 0 spiro atoms. The molecule has 1 aromatic heterocycles. The van der Waals surface area contributed by atoms with E-state index in [0.717, 1.165) is 11.3 Å². The molecule has 0 fully saturated rings. The Balaban J connectivity index is 2.35. The lowest BCUT2D eigenvalue weighted by atomic mass is 10.2. The molecule has 0 amide bonds. The van der Waals surface area contributed by atoms with Gasteiger partial charge < -0.3 is 10.5 Å². The maximum atomic E-state index is 5.95. The quantitative estimate of drug-likeness (QED) is 0.925. The van der Waals surface area contributed by atoms with Crippen LogP contribution in [0.3, 0.4) is 0 Å². The fraction of sp³-hybridized carbons (Fsp3) is 0.231. The van der Waals surface area contributed by atoms with Gasteiger partial charge in [0.2, 0.25) is 5.88 Å². The minimum atomic E-state index is 0.384. The summed E-state index contributed by atoms with van der Waals surface area (Å²) in [6.07, 6.45) is 0. The highest BCUT2D eigenvalue weighted by atomic mass is 35.5. The predicted octanol–water partition coefficient (Wildman–Crippen LogP) is 3.00. The summed E-state index contributed by atoms with van der Waals surface area (Å²) in [5.74, 6) is 1.79. The van der Waals surface area contributed by atoms with Crippen molar-refractivity contribution in [2.24, 2.45) is 5.73 Å².